The number of hydrogen-bond donors (Lipinski definition) is 1. The van der Waals surface area contributed by atoms with E-state index < -0.39 is 12.0 Å². The average Bonchev–Trinajstić information content (AvgIpc) is 1.82. The van der Waals surface area contributed by atoms with E-state index in [4.69, 9.17) is 5.11 Å². The second kappa shape index (κ2) is 4.40. The second-order valence-corrected chi connectivity index (χ2v) is 4.67. The zero-order valence-corrected chi connectivity index (χ0v) is 9.03. The maximum Gasteiger partial charge on any atom is 0.328 e. The van der Waals surface area contributed by atoms with Crippen LogP contribution in [-0.4, -0.2) is 23.3 Å². The summed E-state index contributed by atoms with van der Waals surface area (Å²) < 4.78 is 0. The molecule has 0 aliphatic rings. The van der Waals surface area contributed by atoms with Gasteiger partial charge in [-0.15, -0.1) is 0 Å². The summed E-state index contributed by atoms with van der Waals surface area (Å²) in [7, 11) is 0. The fraction of sp³-hybridized carbons (Fsp3) is 0.800. The van der Waals surface area contributed by atoms with Crippen LogP contribution >= 0.6 is 0 Å². The lowest BCUT2D eigenvalue weighted by atomic mass is 9.98. The molecule has 0 aromatic carbocycles. The summed E-state index contributed by atoms with van der Waals surface area (Å²) in [6.07, 6.45) is 1.71. The molecule has 0 fully saturated rings. The van der Waals surface area contributed by atoms with Gasteiger partial charge in [-0.2, -0.15) is 0 Å². The summed E-state index contributed by atoms with van der Waals surface area (Å²) >= 11 is 0. The third kappa shape index (κ3) is 5.39. The molecule has 0 bridgehead atoms. The van der Waals surface area contributed by atoms with E-state index >= 15 is 0 Å². The van der Waals surface area contributed by atoms with Crippen molar-refractivity contribution >= 4 is 12.2 Å². The summed E-state index contributed by atoms with van der Waals surface area (Å²) in [5.41, 5.74) is -0.0530. The van der Waals surface area contributed by atoms with E-state index in [1.807, 2.05) is 34.6 Å². The second-order valence-electron chi connectivity index (χ2n) is 4.67. The Labute approximate surface area is 79.9 Å². The van der Waals surface area contributed by atoms with Crippen molar-refractivity contribution in [2.24, 2.45) is 16.3 Å². The molecule has 0 aromatic heterocycles. The molecule has 1 N–H and O–H groups in total. The Bertz CT molecular complexity index is 201. The van der Waals surface area contributed by atoms with Crippen LogP contribution in [0.2, 0.25) is 0 Å². The van der Waals surface area contributed by atoms with Crippen LogP contribution in [0.3, 0.4) is 0 Å². The van der Waals surface area contributed by atoms with Crippen LogP contribution in [0.5, 0.6) is 0 Å². The van der Waals surface area contributed by atoms with Crippen molar-refractivity contribution in [3.05, 3.63) is 0 Å². The first-order valence-corrected chi connectivity index (χ1v) is 4.51. The third-order valence-corrected chi connectivity index (χ3v) is 1.51. The molecule has 0 heterocycles. The molecule has 0 aromatic rings. The molecule has 76 valence electrons. The zero-order valence-electron chi connectivity index (χ0n) is 9.03. The minimum absolute atomic E-state index is 0.0381. The monoisotopic (exact) mass is 185 g/mol. The van der Waals surface area contributed by atoms with Gasteiger partial charge in [0.05, 0.1) is 0 Å². The highest BCUT2D eigenvalue weighted by atomic mass is 16.4. The number of rotatable bonds is 3. The van der Waals surface area contributed by atoms with Gasteiger partial charge in [-0.3, -0.25) is 4.99 Å². The minimum Gasteiger partial charge on any atom is -0.480 e. The van der Waals surface area contributed by atoms with E-state index in [1.54, 1.807) is 6.21 Å². The van der Waals surface area contributed by atoms with Crippen molar-refractivity contribution in [1.29, 1.82) is 0 Å². The summed E-state index contributed by atoms with van der Waals surface area (Å²) in [5.74, 6) is -0.813. The van der Waals surface area contributed by atoms with E-state index in [-0.39, 0.29) is 11.3 Å². The highest BCUT2D eigenvalue weighted by molar-refractivity contribution is 5.77. The third-order valence-electron chi connectivity index (χ3n) is 1.51. The van der Waals surface area contributed by atoms with E-state index in [0.29, 0.717) is 0 Å². The topological polar surface area (TPSA) is 49.7 Å². The molecule has 0 amide bonds. The smallest absolute Gasteiger partial charge is 0.328 e. The molecule has 3 nitrogen and oxygen atoms in total. The van der Waals surface area contributed by atoms with Crippen LogP contribution in [0.25, 0.3) is 0 Å². The first-order chi connectivity index (χ1) is 5.74. The SMILES string of the molecule is CC(C)[C@@H](/N=C/C(C)(C)C)C(=O)O. The van der Waals surface area contributed by atoms with E-state index in [0.717, 1.165) is 0 Å². The molecule has 1 atom stereocenters. The van der Waals surface area contributed by atoms with E-state index in [9.17, 15) is 4.79 Å². The molecule has 0 spiro atoms. The van der Waals surface area contributed by atoms with Gasteiger partial charge in [-0.05, 0) is 11.3 Å². The van der Waals surface area contributed by atoms with Crippen molar-refractivity contribution in [2.45, 2.75) is 40.7 Å². The molecule has 0 rings (SSSR count). The van der Waals surface area contributed by atoms with Gasteiger partial charge in [0, 0.05) is 6.21 Å². The van der Waals surface area contributed by atoms with Crippen LogP contribution in [0, 0.1) is 11.3 Å². The van der Waals surface area contributed by atoms with Crippen LogP contribution in [-0.2, 0) is 4.79 Å². The van der Waals surface area contributed by atoms with Crippen molar-refractivity contribution < 1.29 is 9.90 Å². The number of carboxylic acids is 1. The highest BCUT2D eigenvalue weighted by Crippen LogP contribution is 2.12. The Hall–Kier alpha value is -0.860. The highest BCUT2D eigenvalue weighted by Gasteiger charge is 2.20. The molecule has 0 saturated heterocycles. The van der Waals surface area contributed by atoms with Gasteiger partial charge in [-0.25, -0.2) is 4.79 Å². The molecule has 3 heteroatoms. The summed E-state index contributed by atoms with van der Waals surface area (Å²) in [5, 5.41) is 8.83. The van der Waals surface area contributed by atoms with Gasteiger partial charge in [-0.1, -0.05) is 34.6 Å². The first-order valence-electron chi connectivity index (χ1n) is 4.51. The summed E-state index contributed by atoms with van der Waals surface area (Å²) in [4.78, 5) is 14.8. The Morgan fingerprint density at radius 2 is 1.85 bits per heavy atom. The van der Waals surface area contributed by atoms with Crippen LogP contribution in [0.1, 0.15) is 34.6 Å². The Kier molecular flexibility index (Phi) is 4.11. The number of carboxylic acid groups (broad SMARTS) is 1. The van der Waals surface area contributed by atoms with Gasteiger partial charge < -0.3 is 5.11 Å². The van der Waals surface area contributed by atoms with Gasteiger partial charge >= 0.3 is 5.97 Å². The molecular weight excluding hydrogens is 166 g/mol. The van der Waals surface area contributed by atoms with E-state index in [2.05, 4.69) is 4.99 Å². The fourth-order valence-electron chi connectivity index (χ4n) is 0.825. The van der Waals surface area contributed by atoms with Gasteiger partial charge in [0.25, 0.3) is 0 Å². The van der Waals surface area contributed by atoms with Crippen molar-refractivity contribution in [3.63, 3.8) is 0 Å². The number of nitrogens with zero attached hydrogens (tertiary/aromatic N) is 1. The molecule has 0 aliphatic carbocycles. The van der Waals surface area contributed by atoms with Crippen LogP contribution in [0.15, 0.2) is 4.99 Å². The average molecular weight is 185 g/mol. The Morgan fingerprint density at radius 3 is 2.08 bits per heavy atom. The Morgan fingerprint density at radius 1 is 1.38 bits per heavy atom. The predicted octanol–water partition coefficient (Wildman–Crippen LogP) is 2.21. The molecule has 0 saturated carbocycles. The number of carbonyl (C=O) groups is 1. The Balaban J connectivity index is 4.44. The predicted molar refractivity (Wildman–Crippen MR) is 54.2 cm³/mol. The van der Waals surface area contributed by atoms with Crippen LogP contribution < -0.4 is 0 Å². The number of aliphatic imine (C=N–C) groups is 1. The summed E-state index contributed by atoms with van der Waals surface area (Å²) in [6, 6.07) is -0.612. The quantitative estimate of drug-likeness (QED) is 0.685. The lowest BCUT2D eigenvalue weighted by Gasteiger charge is -2.15. The normalized spacial score (nSPS) is 15.2. The van der Waals surface area contributed by atoms with E-state index in [1.165, 1.54) is 0 Å². The molecule has 13 heavy (non-hydrogen) atoms. The summed E-state index contributed by atoms with van der Waals surface area (Å²) in [6.45, 7) is 9.71. The first kappa shape index (κ1) is 12.1. The standard InChI is InChI=1S/C10H19NO2/c1-7(2)8(9(12)13)11-6-10(3,4)5/h6-8H,1-5H3,(H,12,13)/b11-6+/t8-/m1/s1. The van der Waals surface area contributed by atoms with Crippen molar-refractivity contribution in [2.75, 3.05) is 0 Å². The van der Waals surface area contributed by atoms with Crippen molar-refractivity contribution in [1.82, 2.24) is 0 Å². The maximum atomic E-state index is 10.7. The zero-order chi connectivity index (χ0) is 10.6. The van der Waals surface area contributed by atoms with Crippen LogP contribution in [0.4, 0.5) is 0 Å². The number of hydrogen-bond acceptors (Lipinski definition) is 2. The fourth-order valence-corrected chi connectivity index (χ4v) is 0.825. The number of aliphatic carboxylic acids is 1. The van der Waals surface area contributed by atoms with Gasteiger partial charge in [0.1, 0.15) is 6.04 Å². The molecule has 0 unspecified atom stereocenters. The van der Waals surface area contributed by atoms with Crippen molar-refractivity contribution in [3.8, 4) is 0 Å². The molecule has 0 aliphatic heterocycles. The minimum atomic E-state index is -0.851. The van der Waals surface area contributed by atoms with Gasteiger partial charge in [0.2, 0.25) is 0 Å². The lowest BCUT2D eigenvalue weighted by molar-refractivity contribution is -0.139. The molecular formula is C10H19NO2. The maximum absolute atomic E-state index is 10.7. The lowest BCUT2D eigenvalue weighted by Crippen LogP contribution is -2.25. The van der Waals surface area contributed by atoms with Gasteiger partial charge in [0.15, 0.2) is 0 Å². The largest absolute Gasteiger partial charge is 0.480 e. The molecule has 0 radical (unpaired) electrons.